The number of amides is 1. The molecular formula is C13H14F3NO5. The maximum absolute atomic E-state index is 12.3. The van der Waals surface area contributed by atoms with Crippen LogP contribution < -0.4 is 10.1 Å². The summed E-state index contributed by atoms with van der Waals surface area (Å²) in [6, 6.07) is 2.97. The molecule has 9 heteroatoms. The van der Waals surface area contributed by atoms with Crippen LogP contribution in [0.15, 0.2) is 18.2 Å². The van der Waals surface area contributed by atoms with Gasteiger partial charge in [-0.15, -0.1) is 13.2 Å². The number of aromatic carboxylic acids is 1. The van der Waals surface area contributed by atoms with Gasteiger partial charge in [0.25, 0.3) is 0 Å². The van der Waals surface area contributed by atoms with E-state index in [4.69, 9.17) is 9.84 Å². The van der Waals surface area contributed by atoms with Gasteiger partial charge in [-0.05, 0) is 32.9 Å². The molecule has 0 radical (unpaired) electrons. The lowest BCUT2D eigenvalue weighted by Crippen LogP contribution is -2.28. The molecule has 6 nitrogen and oxygen atoms in total. The van der Waals surface area contributed by atoms with E-state index in [1.165, 1.54) is 0 Å². The number of benzene rings is 1. The number of rotatable bonds is 3. The summed E-state index contributed by atoms with van der Waals surface area (Å²) in [6.45, 7) is 4.63. The molecule has 1 amide bonds. The van der Waals surface area contributed by atoms with Crippen molar-refractivity contribution in [2.45, 2.75) is 32.7 Å². The number of hydrogen-bond donors (Lipinski definition) is 2. The summed E-state index contributed by atoms with van der Waals surface area (Å²) in [5, 5.41) is 11.0. The molecule has 0 aliphatic rings. The van der Waals surface area contributed by atoms with Crippen LogP contribution in [-0.4, -0.2) is 29.1 Å². The normalized spacial score (nSPS) is 11.7. The molecule has 0 aliphatic carbocycles. The van der Waals surface area contributed by atoms with Gasteiger partial charge >= 0.3 is 18.4 Å². The Morgan fingerprint density at radius 2 is 1.77 bits per heavy atom. The zero-order valence-corrected chi connectivity index (χ0v) is 11.9. The molecule has 1 aromatic rings. The lowest BCUT2D eigenvalue weighted by atomic mass is 10.1. The highest BCUT2D eigenvalue weighted by Gasteiger charge is 2.33. The summed E-state index contributed by atoms with van der Waals surface area (Å²) in [4.78, 5) is 22.7. The summed E-state index contributed by atoms with van der Waals surface area (Å²) in [6.07, 6.45) is -6.14. The molecule has 0 aromatic heterocycles. The number of anilines is 1. The maximum atomic E-state index is 12.3. The van der Waals surface area contributed by atoms with Gasteiger partial charge in [0.05, 0.1) is 5.56 Å². The monoisotopic (exact) mass is 321 g/mol. The van der Waals surface area contributed by atoms with E-state index in [9.17, 15) is 22.8 Å². The predicted octanol–water partition coefficient (Wildman–Crippen LogP) is 3.63. The number of halogens is 3. The number of carboxylic acid groups (broad SMARTS) is 1. The van der Waals surface area contributed by atoms with Crippen molar-refractivity contribution in [3.05, 3.63) is 23.8 Å². The number of alkyl halides is 3. The van der Waals surface area contributed by atoms with Crippen molar-refractivity contribution in [3.8, 4) is 5.75 Å². The second-order valence-electron chi connectivity index (χ2n) is 5.16. The minimum Gasteiger partial charge on any atom is -0.478 e. The smallest absolute Gasteiger partial charge is 0.478 e. The molecule has 2 N–H and O–H groups in total. The van der Waals surface area contributed by atoms with Gasteiger partial charge in [0, 0.05) is 0 Å². The van der Waals surface area contributed by atoms with Gasteiger partial charge in [-0.2, -0.15) is 0 Å². The third-order valence-electron chi connectivity index (χ3n) is 2.11. The quantitative estimate of drug-likeness (QED) is 0.888. The summed E-state index contributed by atoms with van der Waals surface area (Å²) in [5.74, 6) is -2.38. The van der Waals surface area contributed by atoms with Crippen molar-refractivity contribution in [1.82, 2.24) is 0 Å². The van der Waals surface area contributed by atoms with E-state index < -0.39 is 41.0 Å². The molecule has 0 saturated heterocycles. The summed E-state index contributed by atoms with van der Waals surface area (Å²) < 4.78 is 45.7. The van der Waals surface area contributed by atoms with E-state index in [2.05, 4.69) is 4.74 Å². The Labute approximate surface area is 123 Å². The third kappa shape index (κ3) is 5.51. The molecule has 0 atom stereocenters. The molecule has 22 heavy (non-hydrogen) atoms. The number of carbonyl (C=O) groups excluding carboxylic acids is 1. The van der Waals surface area contributed by atoms with Crippen LogP contribution in [-0.2, 0) is 4.74 Å². The molecule has 0 heterocycles. The summed E-state index contributed by atoms with van der Waals surface area (Å²) >= 11 is 0. The van der Waals surface area contributed by atoms with E-state index in [0.717, 1.165) is 18.2 Å². The van der Waals surface area contributed by atoms with Gasteiger partial charge in [-0.25, -0.2) is 9.59 Å². The number of carbonyl (C=O) groups is 2. The van der Waals surface area contributed by atoms with Gasteiger partial charge in [0.2, 0.25) is 0 Å². The Morgan fingerprint density at radius 3 is 2.23 bits per heavy atom. The van der Waals surface area contributed by atoms with Crippen molar-refractivity contribution >= 4 is 17.7 Å². The Morgan fingerprint density at radius 1 is 1.18 bits per heavy atom. The molecule has 0 bridgehead atoms. The molecule has 1 rings (SSSR count). The fourth-order valence-electron chi connectivity index (χ4n) is 1.45. The Hall–Kier alpha value is -2.45. The maximum Gasteiger partial charge on any atom is 0.573 e. The van der Waals surface area contributed by atoms with Gasteiger partial charge in [-0.1, -0.05) is 6.07 Å². The van der Waals surface area contributed by atoms with Crippen LogP contribution >= 0.6 is 0 Å². The zero-order valence-electron chi connectivity index (χ0n) is 11.9. The van der Waals surface area contributed by atoms with E-state index in [0.29, 0.717) is 0 Å². The molecule has 122 valence electrons. The number of para-hydroxylation sites is 1. The molecule has 0 fully saturated rings. The fourth-order valence-corrected chi connectivity index (χ4v) is 1.45. The van der Waals surface area contributed by atoms with E-state index in [1.54, 1.807) is 20.8 Å². The van der Waals surface area contributed by atoms with Crippen LogP contribution in [0.25, 0.3) is 0 Å². The van der Waals surface area contributed by atoms with Crippen LogP contribution in [0, 0.1) is 0 Å². The SMILES string of the molecule is CC(C)(C)OC(=O)Nc1c(OC(F)(F)F)cccc1C(=O)O. The van der Waals surface area contributed by atoms with Gasteiger partial charge < -0.3 is 14.6 Å². The molecule has 0 saturated carbocycles. The fraction of sp³-hybridized carbons (Fsp3) is 0.385. The highest BCUT2D eigenvalue weighted by molar-refractivity contribution is 6.00. The van der Waals surface area contributed by atoms with Crippen LogP contribution in [0.2, 0.25) is 0 Å². The topological polar surface area (TPSA) is 84.9 Å². The van der Waals surface area contributed by atoms with Crippen LogP contribution in [0.5, 0.6) is 5.75 Å². The van der Waals surface area contributed by atoms with Crippen molar-refractivity contribution in [1.29, 1.82) is 0 Å². The second kappa shape index (κ2) is 6.12. The first-order valence-corrected chi connectivity index (χ1v) is 6.01. The number of carboxylic acids is 1. The molecular weight excluding hydrogens is 307 g/mol. The Balaban J connectivity index is 3.18. The molecule has 0 spiro atoms. The Kier molecular flexibility index (Phi) is 4.90. The summed E-state index contributed by atoms with van der Waals surface area (Å²) in [5.41, 5.74) is -2.11. The van der Waals surface area contributed by atoms with Crippen LogP contribution in [0.3, 0.4) is 0 Å². The highest BCUT2D eigenvalue weighted by atomic mass is 19.4. The van der Waals surface area contributed by atoms with Crippen molar-refractivity contribution in [3.63, 3.8) is 0 Å². The minimum absolute atomic E-state index is 0.562. The average Bonchev–Trinajstić information content (AvgIpc) is 2.26. The van der Waals surface area contributed by atoms with Gasteiger partial charge in [-0.3, -0.25) is 5.32 Å². The first kappa shape index (κ1) is 17.6. The Bertz CT molecular complexity index is 578. The van der Waals surface area contributed by atoms with Crippen molar-refractivity contribution in [2.24, 2.45) is 0 Å². The largest absolute Gasteiger partial charge is 0.573 e. The zero-order chi connectivity index (χ0) is 17.1. The van der Waals surface area contributed by atoms with Crippen molar-refractivity contribution < 1.29 is 37.3 Å². The van der Waals surface area contributed by atoms with Crippen molar-refractivity contribution in [2.75, 3.05) is 5.32 Å². The van der Waals surface area contributed by atoms with E-state index >= 15 is 0 Å². The number of hydrogen-bond acceptors (Lipinski definition) is 4. The number of ether oxygens (including phenoxy) is 2. The van der Waals surface area contributed by atoms with E-state index in [-0.39, 0.29) is 0 Å². The number of nitrogens with one attached hydrogen (secondary N) is 1. The lowest BCUT2D eigenvalue weighted by Gasteiger charge is -2.21. The average molecular weight is 321 g/mol. The first-order valence-electron chi connectivity index (χ1n) is 6.01. The van der Waals surface area contributed by atoms with E-state index in [1.807, 2.05) is 5.32 Å². The summed E-state index contributed by atoms with van der Waals surface area (Å²) in [7, 11) is 0. The minimum atomic E-state index is -5.04. The van der Waals surface area contributed by atoms with Gasteiger partial charge in [0.15, 0.2) is 5.75 Å². The predicted molar refractivity (Wildman–Crippen MR) is 69.9 cm³/mol. The standard InChI is InChI=1S/C13H14F3NO5/c1-12(2,3)22-11(20)17-9-7(10(18)19)5-4-6-8(9)21-13(14,15)16/h4-6H,1-3H3,(H,17,20)(H,18,19). The second-order valence-corrected chi connectivity index (χ2v) is 5.16. The van der Waals surface area contributed by atoms with Crippen LogP contribution in [0.4, 0.5) is 23.7 Å². The molecule has 0 unspecified atom stereocenters. The lowest BCUT2D eigenvalue weighted by molar-refractivity contribution is -0.274. The first-order chi connectivity index (χ1) is 9.89. The molecule has 0 aliphatic heterocycles. The third-order valence-corrected chi connectivity index (χ3v) is 2.11. The van der Waals surface area contributed by atoms with Crippen LogP contribution in [0.1, 0.15) is 31.1 Å². The van der Waals surface area contributed by atoms with Gasteiger partial charge in [0.1, 0.15) is 11.3 Å². The molecule has 1 aromatic carbocycles. The highest BCUT2D eigenvalue weighted by Crippen LogP contribution is 2.33.